The van der Waals surface area contributed by atoms with Gasteiger partial charge in [0.05, 0.1) is 0 Å². The summed E-state index contributed by atoms with van der Waals surface area (Å²) in [4.78, 5) is 13.3. The van der Waals surface area contributed by atoms with Crippen LogP contribution in [0, 0.1) is 0 Å². The second kappa shape index (κ2) is 4.94. The lowest BCUT2D eigenvalue weighted by Gasteiger charge is -2.32. The molecular formula is C11H20N2O2. The van der Waals surface area contributed by atoms with Crippen molar-refractivity contribution in [3.8, 4) is 0 Å². The number of carbonyl (C=O) groups excluding carboxylic acids is 1. The molecular weight excluding hydrogens is 192 g/mol. The van der Waals surface area contributed by atoms with Gasteiger partial charge in [0.15, 0.2) is 0 Å². The topological polar surface area (TPSA) is 41.6 Å². The molecule has 0 aliphatic carbocycles. The SMILES string of the molecule is CN(CC1CCC(=O)O1)C1CCNCC1. The lowest BCUT2D eigenvalue weighted by molar-refractivity contribution is -0.142. The van der Waals surface area contributed by atoms with Gasteiger partial charge in [-0.2, -0.15) is 0 Å². The monoisotopic (exact) mass is 212 g/mol. The fourth-order valence-corrected chi connectivity index (χ4v) is 2.43. The predicted molar refractivity (Wildman–Crippen MR) is 57.6 cm³/mol. The number of rotatable bonds is 3. The highest BCUT2D eigenvalue weighted by Crippen LogP contribution is 2.17. The predicted octanol–water partition coefficient (Wildman–Crippen LogP) is 0.376. The standard InChI is InChI=1S/C11H20N2O2/c1-13(9-4-6-12-7-5-9)8-10-2-3-11(14)15-10/h9-10,12H,2-8H2,1H3. The molecule has 2 heterocycles. The van der Waals surface area contributed by atoms with Crippen molar-refractivity contribution in [2.24, 2.45) is 0 Å². The molecule has 2 aliphatic rings. The lowest BCUT2D eigenvalue weighted by Crippen LogP contribution is -2.43. The zero-order valence-corrected chi connectivity index (χ0v) is 9.37. The number of nitrogens with zero attached hydrogens (tertiary/aromatic N) is 1. The van der Waals surface area contributed by atoms with E-state index in [1.165, 1.54) is 12.8 Å². The number of likely N-dealkylation sites (N-methyl/N-ethyl adjacent to an activating group) is 1. The smallest absolute Gasteiger partial charge is 0.306 e. The second-order valence-electron chi connectivity index (χ2n) is 4.57. The number of carbonyl (C=O) groups is 1. The Morgan fingerprint density at radius 3 is 2.73 bits per heavy atom. The van der Waals surface area contributed by atoms with E-state index < -0.39 is 0 Å². The summed E-state index contributed by atoms with van der Waals surface area (Å²) in [5.74, 6) is -0.0290. The summed E-state index contributed by atoms with van der Waals surface area (Å²) >= 11 is 0. The molecule has 2 fully saturated rings. The van der Waals surface area contributed by atoms with Crippen molar-refractivity contribution < 1.29 is 9.53 Å². The molecule has 1 unspecified atom stereocenters. The van der Waals surface area contributed by atoms with E-state index in [0.29, 0.717) is 12.5 Å². The van der Waals surface area contributed by atoms with Crippen molar-refractivity contribution in [2.45, 2.75) is 37.8 Å². The minimum atomic E-state index is -0.0290. The maximum atomic E-state index is 11.0. The van der Waals surface area contributed by atoms with E-state index >= 15 is 0 Å². The van der Waals surface area contributed by atoms with Crippen LogP contribution in [0.3, 0.4) is 0 Å². The van der Waals surface area contributed by atoms with Crippen LogP contribution in [-0.2, 0) is 9.53 Å². The molecule has 0 saturated carbocycles. The molecule has 2 saturated heterocycles. The van der Waals surface area contributed by atoms with Gasteiger partial charge >= 0.3 is 5.97 Å². The highest BCUT2D eigenvalue weighted by Gasteiger charge is 2.27. The van der Waals surface area contributed by atoms with Gasteiger partial charge in [-0.15, -0.1) is 0 Å². The fraction of sp³-hybridized carbons (Fsp3) is 0.909. The minimum Gasteiger partial charge on any atom is -0.461 e. The first-order valence-electron chi connectivity index (χ1n) is 5.86. The van der Waals surface area contributed by atoms with Gasteiger partial charge in [-0.3, -0.25) is 9.69 Å². The highest BCUT2D eigenvalue weighted by atomic mass is 16.5. The van der Waals surface area contributed by atoms with Crippen LogP contribution in [0.2, 0.25) is 0 Å². The summed E-state index contributed by atoms with van der Waals surface area (Å²) in [6.45, 7) is 3.12. The Morgan fingerprint density at radius 1 is 1.40 bits per heavy atom. The average molecular weight is 212 g/mol. The molecule has 1 N–H and O–H groups in total. The van der Waals surface area contributed by atoms with Crippen LogP contribution in [0.4, 0.5) is 0 Å². The second-order valence-corrected chi connectivity index (χ2v) is 4.57. The first kappa shape index (κ1) is 10.9. The van der Waals surface area contributed by atoms with Gasteiger partial charge in [0, 0.05) is 19.0 Å². The van der Waals surface area contributed by atoms with Crippen molar-refractivity contribution in [2.75, 3.05) is 26.7 Å². The van der Waals surface area contributed by atoms with Gasteiger partial charge < -0.3 is 10.1 Å². The lowest BCUT2D eigenvalue weighted by atomic mass is 10.0. The van der Waals surface area contributed by atoms with Crippen LogP contribution < -0.4 is 5.32 Å². The van der Waals surface area contributed by atoms with Gasteiger partial charge in [-0.25, -0.2) is 0 Å². The Kier molecular flexibility index (Phi) is 3.59. The Hall–Kier alpha value is -0.610. The maximum absolute atomic E-state index is 11.0. The zero-order chi connectivity index (χ0) is 10.7. The van der Waals surface area contributed by atoms with E-state index in [9.17, 15) is 4.79 Å². The fourth-order valence-electron chi connectivity index (χ4n) is 2.43. The van der Waals surface area contributed by atoms with Crippen LogP contribution in [0.1, 0.15) is 25.7 Å². The largest absolute Gasteiger partial charge is 0.461 e. The van der Waals surface area contributed by atoms with Crippen molar-refractivity contribution in [1.82, 2.24) is 10.2 Å². The number of esters is 1. The summed E-state index contributed by atoms with van der Waals surface area (Å²) in [5.41, 5.74) is 0. The summed E-state index contributed by atoms with van der Waals surface area (Å²) in [6.07, 6.45) is 4.05. The molecule has 0 amide bonds. The molecule has 2 rings (SSSR count). The Labute approximate surface area is 91.0 Å². The molecule has 0 aromatic carbocycles. The third-order valence-corrected chi connectivity index (χ3v) is 3.39. The van der Waals surface area contributed by atoms with Crippen molar-refractivity contribution >= 4 is 5.97 Å². The molecule has 0 aromatic rings. The van der Waals surface area contributed by atoms with Crippen LogP contribution in [0.5, 0.6) is 0 Å². The quantitative estimate of drug-likeness (QED) is 0.687. The van der Waals surface area contributed by atoms with Crippen molar-refractivity contribution in [1.29, 1.82) is 0 Å². The molecule has 0 aromatic heterocycles. The van der Waals surface area contributed by atoms with Crippen LogP contribution >= 0.6 is 0 Å². The molecule has 0 spiro atoms. The molecule has 4 nitrogen and oxygen atoms in total. The first-order valence-corrected chi connectivity index (χ1v) is 5.86. The molecule has 1 atom stereocenters. The average Bonchev–Trinajstić information content (AvgIpc) is 2.65. The Balaban J connectivity index is 1.75. The minimum absolute atomic E-state index is 0.0290. The van der Waals surface area contributed by atoms with Gasteiger partial charge in [-0.05, 0) is 39.4 Å². The zero-order valence-electron chi connectivity index (χ0n) is 9.37. The van der Waals surface area contributed by atoms with Gasteiger partial charge in [0.2, 0.25) is 0 Å². The van der Waals surface area contributed by atoms with Crippen LogP contribution in [0.25, 0.3) is 0 Å². The Bertz CT molecular complexity index is 227. The van der Waals surface area contributed by atoms with E-state index in [4.69, 9.17) is 4.74 Å². The molecule has 86 valence electrons. The van der Waals surface area contributed by atoms with Gasteiger partial charge in [-0.1, -0.05) is 0 Å². The number of ether oxygens (including phenoxy) is 1. The first-order chi connectivity index (χ1) is 7.25. The van der Waals surface area contributed by atoms with Crippen molar-refractivity contribution in [3.05, 3.63) is 0 Å². The summed E-state index contributed by atoms with van der Waals surface area (Å²) < 4.78 is 5.23. The third-order valence-electron chi connectivity index (χ3n) is 3.39. The third kappa shape index (κ3) is 2.92. The Morgan fingerprint density at radius 2 is 2.13 bits per heavy atom. The normalized spacial score (nSPS) is 28.4. The van der Waals surface area contributed by atoms with Gasteiger partial charge in [0.25, 0.3) is 0 Å². The van der Waals surface area contributed by atoms with E-state index in [1.54, 1.807) is 0 Å². The summed E-state index contributed by atoms with van der Waals surface area (Å²) in [7, 11) is 2.14. The number of hydrogen-bond acceptors (Lipinski definition) is 4. The number of piperidine rings is 1. The molecule has 4 heteroatoms. The van der Waals surface area contributed by atoms with E-state index in [2.05, 4.69) is 17.3 Å². The number of nitrogens with one attached hydrogen (secondary N) is 1. The van der Waals surface area contributed by atoms with E-state index in [0.717, 1.165) is 26.1 Å². The van der Waals surface area contributed by atoms with Gasteiger partial charge in [0.1, 0.15) is 6.10 Å². The molecule has 2 aliphatic heterocycles. The van der Waals surface area contributed by atoms with Crippen molar-refractivity contribution in [3.63, 3.8) is 0 Å². The number of hydrogen-bond donors (Lipinski definition) is 1. The number of cyclic esters (lactones) is 1. The molecule has 15 heavy (non-hydrogen) atoms. The van der Waals surface area contributed by atoms with Crippen LogP contribution in [-0.4, -0.2) is 49.7 Å². The molecule has 0 radical (unpaired) electrons. The summed E-state index contributed by atoms with van der Waals surface area (Å²) in [5, 5.41) is 3.36. The maximum Gasteiger partial charge on any atom is 0.306 e. The van der Waals surface area contributed by atoms with Crippen LogP contribution in [0.15, 0.2) is 0 Å². The molecule has 0 bridgehead atoms. The van der Waals surface area contributed by atoms with E-state index in [1.807, 2.05) is 0 Å². The van der Waals surface area contributed by atoms with E-state index in [-0.39, 0.29) is 12.1 Å². The summed E-state index contributed by atoms with van der Waals surface area (Å²) in [6, 6.07) is 0.658. The highest BCUT2D eigenvalue weighted by molar-refractivity contribution is 5.71.